The maximum absolute atomic E-state index is 13.5. The minimum absolute atomic E-state index is 0.176. The second kappa shape index (κ2) is 3.58. The normalized spacial score (nSPS) is 24.8. The minimum atomic E-state index is -0.176. The number of benzene rings is 1. The molecule has 1 saturated carbocycles. The first kappa shape index (κ1) is 9.46. The fourth-order valence-electron chi connectivity index (χ4n) is 1.82. The Morgan fingerprint density at radius 1 is 1.57 bits per heavy atom. The molecule has 1 aromatic carbocycles. The Bertz CT molecular complexity index is 340. The summed E-state index contributed by atoms with van der Waals surface area (Å²) < 4.78 is 18.5. The van der Waals surface area contributed by atoms with Crippen LogP contribution in [-0.4, -0.2) is 13.7 Å². The maximum atomic E-state index is 13.5. The van der Waals surface area contributed by atoms with E-state index in [9.17, 15) is 4.39 Å². The number of hydrogen-bond donors (Lipinski definition) is 1. The van der Waals surface area contributed by atoms with Gasteiger partial charge in [0, 0.05) is 6.07 Å². The van der Waals surface area contributed by atoms with Gasteiger partial charge in [-0.1, -0.05) is 6.07 Å². The molecule has 1 fully saturated rings. The predicted octanol–water partition coefficient (Wildman–Crippen LogP) is 1.90. The van der Waals surface area contributed by atoms with E-state index in [2.05, 4.69) is 0 Å². The van der Waals surface area contributed by atoms with Crippen molar-refractivity contribution in [2.45, 2.75) is 12.3 Å². The Balaban J connectivity index is 2.19. The van der Waals surface area contributed by atoms with Gasteiger partial charge in [-0.05, 0) is 36.4 Å². The van der Waals surface area contributed by atoms with Crippen LogP contribution < -0.4 is 10.5 Å². The van der Waals surface area contributed by atoms with Gasteiger partial charge in [0.2, 0.25) is 0 Å². The summed E-state index contributed by atoms with van der Waals surface area (Å²) in [5.41, 5.74) is 6.30. The average Bonchev–Trinajstić information content (AvgIpc) is 2.96. The van der Waals surface area contributed by atoms with Crippen LogP contribution >= 0.6 is 0 Å². The van der Waals surface area contributed by atoms with E-state index < -0.39 is 0 Å². The van der Waals surface area contributed by atoms with Gasteiger partial charge in [-0.2, -0.15) is 0 Å². The van der Waals surface area contributed by atoms with Gasteiger partial charge in [0.05, 0.1) is 7.11 Å². The van der Waals surface area contributed by atoms with E-state index in [4.69, 9.17) is 10.5 Å². The molecule has 0 aromatic heterocycles. The van der Waals surface area contributed by atoms with Crippen LogP contribution in [0.15, 0.2) is 18.2 Å². The van der Waals surface area contributed by atoms with Crippen molar-refractivity contribution in [3.05, 3.63) is 29.6 Å². The second-order valence-electron chi connectivity index (χ2n) is 3.73. The molecule has 1 aliphatic carbocycles. The molecule has 0 spiro atoms. The number of ether oxygens (including phenoxy) is 1. The third-order valence-electron chi connectivity index (χ3n) is 2.83. The van der Waals surface area contributed by atoms with Crippen LogP contribution in [-0.2, 0) is 0 Å². The molecule has 0 saturated heterocycles. The minimum Gasteiger partial charge on any atom is -0.497 e. The van der Waals surface area contributed by atoms with Gasteiger partial charge in [0.15, 0.2) is 0 Å². The lowest BCUT2D eigenvalue weighted by Gasteiger charge is -2.04. The van der Waals surface area contributed by atoms with E-state index in [-0.39, 0.29) is 5.82 Å². The van der Waals surface area contributed by atoms with Crippen LogP contribution in [0.2, 0.25) is 0 Å². The number of nitrogens with two attached hydrogens (primary N) is 1. The van der Waals surface area contributed by atoms with Crippen LogP contribution in [0.5, 0.6) is 5.75 Å². The molecule has 0 amide bonds. The van der Waals surface area contributed by atoms with Crippen molar-refractivity contribution in [2.75, 3.05) is 13.7 Å². The highest BCUT2D eigenvalue weighted by atomic mass is 19.1. The highest BCUT2D eigenvalue weighted by Crippen LogP contribution is 2.47. The predicted molar refractivity (Wildman–Crippen MR) is 52.9 cm³/mol. The smallest absolute Gasteiger partial charge is 0.130 e. The van der Waals surface area contributed by atoms with E-state index in [0.717, 1.165) is 12.0 Å². The Labute approximate surface area is 82.9 Å². The quantitative estimate of drug-likeness (QED) is 0.799. The molecular formula is C11H14FNO. The van der Waals surface area contributed by atoms with Crippen LogP contribution in [0.1, 0.15) is 17.9 Å². The molecule has 0 unspecified atom stereocenters. The third-order valence-corrected chi connectivity index (χ3v) is 2.83. The van der Waals surface area contributed by atoms with Crippen molar-refractivity contribution in [1.82, 2.24) is 0 Å². The van der Waals surface area contributed by atoms with Crippen molar-refractivity contribution in [3.8, 4) is 5.75 Å². The first-order valence-electron chi connectivity index (χ1n) is 4.79. The van der Waals surface area contributed by atoms with E-state index >= 15 is 0 Å². The Morgan fingerprint density at radius 2 is 2.36 bits per heavy atom. The lowest BCUT2D eigenvalue weighted by molar-refractivity contribution is 0.410. The molecule has 76 valence electrons. The monoisotopic (exact) mass is 195 g/mol. The molecule has 2 atom stereocenters. The average molecular weight is 195 g/mol. The van der Waals surface area contributed by atoms with Gasteiger partial charge in [-0.3, -0.25) is 0 Å². The van der Waals surface area contributed by atoms with Gasteiger partial charge in [-0.25, -0.2) is 4.39 Å². The summed E-state index contributed by atoms with van der Waals surface area (Å²) in [6.07, 6.45) is 1.01. The van der Waals surface area contributed by atoms with Crippen molar-refractivity contribution in [3.63, 3.8) is 0 Å². The summed E-state index contributed by atoms with van der Waals surface area (Å²) >= 11 is 0. The van der Waals surface area contributed by atoms with Gasteiger partial charge in [0.25, 0.3) is 0 Å². The second-order valence-corrected chi connectivity index (χ2v) is 3.73. The maximum Gasteiger partial charge on any atom is 0.130 e. The van der Waals surface area contributed by atoms with Crippen LogP contribution in [0.25, 0.3) is 0 Å². The molecule has 3 heteroatoms. The largest absolute Gasteiger partial charge is 0.497 e. The highest BCUT2D eigenvalue weighted by Gasteiger charge is 2.38. The first-order valence-corrected chi connectivity index (χ1v) is 4.79. The Morgan fingerprint density at radius 3 is 2.86 bits per heavy atom. The molecule has 0 bridgehead atoms. The molecule has 0 heterocycles. The van der Waals surface area contributed by atoms with Gasteiger partial charge >= 0.3 is 0 Å². The third kappa shape index (κ3) is 1.60. The number of halogens is 1. The summed E-state index contributed by atoms with van der Waals surface area (Å²) in [7, 11) is 1.54. The van der Waals surface area contributed by atoms with Crippen molar-refractivity contribution >= 4 is 0 Å². The molecular weight excluding hydrogens is 181 g/mol. The summed E-state index contributed by atoms with van der Waals surface area (Å²) in [6, 6.07) is 5.03. The molecule has 0 aliphatic heterocycles. The number of rotatable bonds is 3. The van der Waals surface area contributed by atoms with Crippen molar-refractivity contribution < 1.29 is 9.13 Å². The van der Waals surface area contributed by atoms with Crippen LogP contribution in [0, 0.1) is 11.7 Å². The molecule has 14 heavy (non-hydrogen) atoms. The highest BCUT2D eigenvalue weighted by molar-refractivity contribution is 5.34. The first-order chi connectivity index (χ1) is 6.76. The van der Waals surface area contributed by atoms with Gasteiger partial charge in [0.1, 0.15) is 11.6 Å². The van der Waals surface area contributed by atoms with Gasteiger partial charge in [-0.15, -0.1) is 0 Å². The molecule has 1 aromatic rings. The summed E-state index contributed by atoms with van der Waals surface area (Å²) in [4.78, 5) is 0. The summed E-state index contributed by atoms with van der Waals surface area (Å²) in [5.74, 6) is 1.19. The van der Waals surface area contributed by atoms with Gasteiger partial charge < -0.3 is 10.5 Å². The van der Waals surface area contributed by atoms with E-state index in [0.29, 0.717) is 24.1 Å². The van der Waals surface area contributed by atoms with E-state index in [1.54, 1.807) is 12.1 Å². The SMILES string of the molecule is COc1ccc([C@@H]2C[C@H]2CN)c(F)c1. The summed E-state index contributed by atoms with van der Waals surface area (Å²) in [6.45, 7) is 0.649. The van der Waals surface area contributed by atoms with E-state index in [1.165, 1.54) is 13.2 Å². The molecule has 0 radical (unpaired) electrons. The molecule has 2 rings (SSSR count). The zero-order valence-electron chi connectivity index (χ0n) is 8.16. The number of hydrogen-bond acceptors (Lipinski definition) is 2. The van der Waals surface area contributed by atoms with E-state index in [1.807, 2.05) is 0 Å². The fourth-order valence-corrected chi connectivity index (χ4v) is 1.82. The van der Waals surface area contributed by atoms with Crippen LogP contribution in [0.3, 0.4) is 0 Å². The lowest BCUT2D eigenvalue weighted by atomic mass is 10.1. The molecule has 2 N–H and O–H groups in total. The molecule has 2 nitrogen and oxygen atoms in total. The van der Waals surface area contributed by atoms with Crippen molar-refractivity contribution in [2.24, 2.45) is 11.7 Å². The zero-order chi connectivity index (χ0) is 10.1. The van der Waals surface area contributed by atoms with Crippen molar-refractivity contribution in [1.29, 1.82) is 0 Å². The van der Waals surface area contributed by atoms with Crippen LogP contribution in [0.4, 0.5) is 4.39 Å². The lowest BCUT2D eigenvalue weighted by Crippen LogP contribution is -2.02. The molecule has 1 aliphatic rings. The Kier molecular flexibility index (Phi) is 2.42. The number of methoxy groups -OCH3 is 1. The summed E-state index contributed by atoms with van der Waals surface area (Å²) in [5, 5.41) is 0. The Hall–Kier alpha value is -1.09. The standard InChI is InChI=1S/C11H14FNO/c1-14-8-2-3-9(11(12)5-8)10-4-7(10)6-13/h2-3,5,7,10H,4,6,13H2,1H3/t7-,10+/m0/s1. The topological polar surface area (TPSA) is 35.2 Å². The fraction of sp³-hybridized carbons (Fsp3) is 0.455. The zero-order valence-corrected chi connectivity index (χ0v) is 8.16.